The third-order valence-corrected chi connectivity index (χ3v) is 3.59. The molecule has 4 heteroatoms. The largest absolute Gasteiger partial charge is 0.387 e. The highest BCUT2D eigenvalue weighted by molar-refractivity contribution is 5.94. The Hall–Kier alpha value is -1.39. The Morgan fingerprint density at radius 2 is 2.05 bits per heavy atom. The van der Waals surface area contributed by atoms with Crippen LogP contribution in [0.1, 0.15) is 31.1 Å². The molecule has 1 heterocycles. The molecule has 19 heavy (non-hydrogen) atoms. The molecule has 104 valence electrons. The van der Waals surface area contributed by atoms with Crippen molar-refractivity contribution in [2.45, 2.75) is 32.4 Å². The van der Waals surface area contributed by atoms with E-state index in [4.69, 9.17) is 0 Å². The quantitative estimate of drug-likeness (QED) is 0.792. The van der Waals surface area contributed by atoms with Gasteiger partial charge in [-0.2, -0.15) is 0 Å². The molecule has 0 radical (unpaired) electrons. The molecule has 1 aliphatic heterocycles. The summed E-state index contributed by atoms with van der Waals surface area (Å²) < 4.78 is 0. The average Bonchev–Trinajstić information content (AvgIpc) is 2.48. The molecule has 1 aromatic carbocycles. The number of nitrogens with one attached hydrogen (secondary N) is 1. The number of benzene rings is 1. The Kier molecular flexibility index (Phi) is 3.92. The summed E-state index contributed by atoms with van der Waals surface area (Å²) in [5.74, 6) is 0.0733. The van der Waals surface area contributed by atoms with Crippen molar-refractivity contribution in [3.8, 4) is 0 Å². The first-order valence-electron chi connectivity index (χ1n) is 6.70. The maximum absolute atomic E-state index is 11.3. The van der Waals surface area contributed by atoms with Crippen LogP contribution in [0.3, 0.4) is 0 Å². The van der Waals surface area contributed by atoms with Gasteiger partial charge in [0.25, 0.3) is 0 Å². The Labute approximate surface area is 114 Å². The SMILES string of the molecule is CC(=O)c1ccc(N2CC(C)(O)CNCC2C)cc1. The van der Waals surface area contributed by atoms with E-state index >= 15 is 0 Å². The molecule has 2 rings (SSSR count). The zero-order valence-corrected chi connectivity index (χ0v) is 11.8. The van der Waals surface area contributed by atoms with E-state index in [9.17, 15) is 9.90 Å². The molecular weight excluding hydrogens is 240 g/mol. The first-order chi connectivity index (χ1) is 8.89. The second-order valence-electron chi connectivity index (χ2n) is 5.71. The normalized spacial score (nSPS) is 28.0. The number of anilines is 1. The molecule has 0 aromatic heterocycles. The topological polar surface area (TPSA) is 52.6 Å². The number of rotatable bonds is 2. The van der Waals surface area contributed by atoms with Gasteiger partial charge in [0.1, 0.15) is 0 Å². The summed E-state index contributed by atoms with van der Waals surface area (Å²) in [6.07, 6.45) is 0. The Bertz CT molecular complexity index is 454. The van der Waals surface area contributed by atoms with Gasteiger partial charge >= 0.3 is 0 Å². The minimum atomic E-state index is -0.746. The summed E-state index contributed by atoms with van der Waals surface area (Å²) in [6.45, 7) is 7.56. The van der Waals surface area contributed by atoms with Gasteiger partial charge in [0, 0.05) is 36.9 Å². The van der Waals surface area contributed by atoms with Gasteiger partial charge in [-0.3, -0.25) is 4.79 Å². The Morgan fingerprint density at radius 3 is 2.63 bits per heavy atom. The predicted octanol–water partition coefficient (Wildman–Crippen LogP) is 1.44. The fourth-order valence-electron chi connectivity index (χ4n) is 2.47. The van der Waals surface area contributed by atoms with Crippen LogP contribution in [-0.2, 0) is 0 Å². The van der Waals surface area contributed by atoms with E-state index in [0.717, 1.165) is 17.8 Å². The van der Waals surface area contributed by atoms with Crippen molar-refractivity contribution in [1.29, 1.82) is 0 Å². The van der Waals surface area contributed by atoms with E-state index in [2.05, 4.69) is 17.1 Å². The van der Waals surface area contributed by atoms with Crippen LogP contribution in [0, 0.1) is 0 Å². The third kappa shape index (κ3) is 3.33. The van der Waals surface area contributed by atoms with Gasteiger partial charge in [0.05, 0.1) is 5.60 Å². The molecule has 2 N–H and O–H groups in total. The van der Waals surface area contributed by atoms with Gasteiger partial charge in [-0.25, -0.2) is 0 Å². The van der Waals surface area contributed by atoms with Gasteiger partial charge in [-0.05, 0) is 45.0 Å². The van der Waals surface area contributed by atoms with Crippen molar-refractivity contribution in [1.82, 2.24) is 5.32 Å². The molecule has 2 unspecified atom stereocenters. The number of carbonyl (C=O) groups excluding carboxylic acids is 1. The van der Waals surface area contributed by atoms with E-state index < -0.39 is 5.60 Å². The van der Waals surface area contributed by atoms with Crippen molar-refractivity contribution in [2.75, 3.05) is 24.5 Å². The van der Waals surface area contributed by atoms with Crippen LogP contribution in [0.25, 0.3) is 0 Å². The first kappa shape index (κ1) is 14.0. The van der Waals surface area contributed by atoms with Crippen molar-refractivity contribution < 1.29 is 9.90 Å². The van der Waals surface area contributed by atoms with Crippen LogP contribution in [0.4, 0.5) is 5.69 Å². The molecule has 0 amide bonds. The van der Waals surface area contributed by atoms with E-state index in [0.29, 0.717) is 19.1 Å². The fraction of sp³-hybridized carbons (Fsp3) is 0.533. The van der Waals surface area contributed by atoms with Crippen LogP contribution < -0.4 is 10.2 Å². The first-order valence-corrected chi connectivity index (χ1v) is 6.70. The van der Waals surface area contributed by atoms with E-state index in [1.165, 1.54) is 0 Å². The zero-order valence-electron chi connectivity index (χ0n) is 11.8. The van der Waals surface area contributed by atoms with Crippen LogP contribution in [0.15, 0.2) is 24.3 Å². The molecule has 0 aliphatic carbocycles. The summed E-state index contributed by atoms with van der Waals surface area (Å²) in [5, 5.41) is 13.6. The van der Waals surface area contributed by atoms with Crippen LogP contribution >= 0.6 is 0 Å². The van der Waals surface area contributed by atoms with Gasteiger partial charge < -0.3 is 15.3 Å². The van der Waals surface area contributed by atoms with Gasteiger partial charge in [0.2, 0.25) is 0 Å². The molecule has 1 aromatic rings. The fourth-order valence-corrected chi connectivity index (χ4v) is 2.47. The number of nitrogens with zero attached hydrogens (tertiary/aromatic N) is 1. The summed E-state index contributed by atoms with van der Waals surface area (Å²) in [7, 11) is 0. The molecule has 0 bridgehead atoms. The second-order valence-corrected chi connectivity index (χ2v) is 5.71. The summed E-state index contributed by atoms with van der Waals surface area (Å²) in [5.41, 5.74) is 1.02. The summed E-state index contributed by atoms with van der Waals surface area (Å²) in [6, 6.07) is 7.90. The Balaban J connectivity index is 2.24. The highest BCUT2D eigenvalue weighted by Gasteiger charge is 2.30. The van der Waals surface area contributed by atoms with E-state index in [-0.39, 0.29) is 5.78 Å². The smallest absolute Gasteiger partial charge is 0.159 e. The third-order valence-electron chi connectivity index (χ3n) is 3.59. The standard InChI is InChI=1S/C15H22N2O2/c1-11-8-16-9-15(3,19)10-17(11)14-6-4-13(5-7-14)12(2)18/h4-7,11,16,19H,8-10H2,1-3H3. The van der Waals surface area contributed by atoms with E-state index in [1.54, 1.807) is 6.92 Å². The number of aliphatic hydroxyl groups is 1. The molecule has 0 saturated carbocycles. The van der Waals surface area contributed by atoms with Crippen LogP contribution in [0.2, 0.25) is 0 Å². The number of ketones is 1. The molecule has 1 fully saturated rings. The van der Waals surface area contributed by atoms with Crippen molar-refractivity contribution in [2.24, 2.45) is 0 Å². The summed E-state index contributed by atoms with van der Waals surface area (Å²) >= 11 is 0. The minimum Gasteiger partial charge on any atom is -0.387 e. The lowest BCUT2D eigenvalue weighted by atomic mass is 10.1. The lowest BCUT2D eigenvalue weighted by molar-refractivity contribution is 0.0726. The van der Waals surface area contributed by atoms with Crippen molar-refractivity contribution >= 4 is 11.5 Å². The number of Topliss-reactive ketones (excluding diaryl/α,β-unsaturated/α-hetero) is 1. The highest BCUT2D eigenvalue weighted by Crippen LogP contribution is 2.22. The number of hydrogen-bond acceptors (Lipinski definition) is 4. The van der Waals surface area contributed by atoms with Gasteiger partial charge in [-0.1, -0.05) is 0 Å². The van der Waals surface area contributed by atoms with Crippen molar-refractivity contribution in [3.05, 3.63) is 29.8 Å². The van der Waals surface area contributed by atoms with Gasteiger partial charge in [0.15, 0.2) is 5.78 Å². The number of carbonyl (C=O) groups is 1. The summed E-state index contributed by atoms with van der Waals surface area (Å²) in [4.78, 5) is 13.5. The number of β-amino-alcohol motifs (C(OH)–C–C–N with tert-alkyl or cyclic N) is 1. The molecular formula is C15H22N2O2. The van der Waals surface area contributed by atoms with E-state index in [1.807, 2.05) is 31.2 Å². The lowest BCUT2D eigenvalue weighted by Crippen LogP contribution is -2.45. The van der Waals surface area contributed by atoms with Gasteiger partial charge in [-0.15, -0.1) is 0 Å². The predicted molar refractivity (Wildman–Crippen MR) is 76.7 cm³/mol. The second kappa shape index (κ2) is 5.31. The number of hydrogen-bond donors (Lipinski definition) is 2. The average molecular weight is 262 g/mol. The van der Waals surface area contributed by atoms with Crippen LogP contribution in [-0.4, -0.2) is 42.2 Å². The Morgan fingerprint density at radius 1 is 1.42 bits per heavy atom. The lowest BCUT2D eigenvalue weighted by Gasteiger charge is -2.33. The molecule has 4 nitrogen and oxygen atoms in total. The monoisotopic (exact) mass is 262 g/mol. The van der Waals surface area contributed by atoms with Crippen molar-refractivity contribution in [3.63, 3.8) is 0 Å². The highest BCUT2D eigenvalue weighted by atomic mass is 16.3. The van der Waals surface area contributed by atoms with Crippen LogP contribution in [0.5, 0.6) is 0 Å². The molecule has 0 spiro atoms. The molecule has 1 aliphatic rings. The minimum absolute atomic E-state index is 0.0733. The zero-order chi connectivity index (χ0) is 14.0. The maximum Gasteiger partial charge on any atom is 0.159 e. The maximum atomic E-state index is 11.3. The molecule has 1 saturated heterocycles. The molecule has 2 atom stereocenters.